The molecule has 6 heteroatoms. The van der Waals surface area contributed by atoms with E-state index >= 15 is 0 Å². The van der Waals surface area contributed by atoms with Gasteiger partial charge in [0.1, 0.15) is 5.75 Å². The summed E-state index contributed by atoms with van der Waals surface area (Å²) in [7, 11) is 1.41. The molecule has 1 heterocycles. The van der Waals surface area contributed by atoms with Crippen molar-refractivity contribution in [2.75, 3.05) is 0 Å². The molecule has 0 aliphatic heterocycles. The number of H-pyrrole nitrogens is 1. The normalized spacial score (nSPS) is 10.4. The van der Waals surface area contributed by atoms with E-state index in [-0.39, 0.29) is 22.6 Å². The number of aromatic nitrogens is 2. The molecular formula is C11H10N2O4. The number of phenols is 1. The Balaban J connectivity index is 2.80. The molecule has 2 aromatic rings. The minimum Gasteiger partial charge on any atom is -0.507 e. The Bertz CT molecular complexity index is 639. The van der Waals surface area contributed by atoms with E-state index in [2.05, 4.69) is 5.10 Å². The van der Waals surface area contributed by atoms with Crippen LogP contribution in [0.2, 0.25) is 0 Å². The summed E-state index contributed by atoms with van der Waals surface area (Å²) in [5.41, 5.74) is -0.576. The number of aromatic hydroxyl groups is 1. The predicted octanol–water partition coefficient (Wildman–Crippen LogP) is 0.784. The molecule has 6 nitrogen and oxygen atoms in total. The van der Waals surface area contributed by atoms with Crippen molar-refractivity contribution < 1.29 is 15.0 Å². The van der Waals surface area contributed by atoms with Crippen molar-refractivity contribution in [2.24, 2.45) is 7.05 Å². The number of benzene rings is 1. The molecule has 2 rings (SSSR count). The number of aromatic amines is 1. The average Bonchev–Trinajstić information content (AvgIpc) is 2.57. The summed E-state index contributed by atoms with van der Waals surface area (Å²) >= 11 is 0. The standard InChI is InChI=1S/C11H10N2O4/c1-13-10(15)8(9(12-13)11(16)17)6-4-2-3-5-7(6)14/h2-5,12,14H,1H3,(H,16,17). The Morgan fingerprint density at radius 2 is 2.00 bits per heavy atom. The number of carboxylic acids is 1. The molecule has 17 heavy (non-hydrogen) atoms. The van der Waals surface area contributed by atoms with Gasteiger partial charge >= 0.3 is 5.97 Å². The van der Waals surface area contributed by atoms with Gasteiger partial charge in [0.05, 0.1) is 5.56 Å². The van der Waals surface area contributed by atoms with E-state index in [1.54, 1.807) is 12.1 Å². The second kappa shape index (κ2) is 3.82. The summed E-state index contributed by atoms with van der Waals surface area (Å²) in [5.74, 6) is -1.38. The summed E-state index contributed by atoms with van der Waals surface area (Å²) in [4.78, 5) is 22.8. The van der Waals surface area contributed by atoms with E-state index in [9.17, 15) is 14.7 Å². The summed E-state index contributed by atoms with van der Waals surface area (Å²) in [6.45, 7) is 0. The van der Waals surface area contributed by atoms with Crippen molar-refractivity contribution in [3.63, 3.8) is 0 Å². The van der Waals surface area contributed by atoms with Crippen LogP contribution in [0.25, 0.3) is 11.1 Å². The van der Waals surface area contributed by atoms with Gasteiger partial charge in [0.15, 0.2) is 5.69 Å². The third kappa shape index (κ3) is 1.69. The van der Waals surface area contributed by atoms with Gasteiger partial charge in [0.2, 0.25) is 0 Å². The van der Waals surface area contributed by atoms with Crippen molar-refractivity contribution >= 4 is 5.97 Å². The van der Waals surface area contributed by atoms with Crippen LogP contribution in [0, 0.1) is 0 Å². The van der Waals surface area contributed by atoms with Crippen LogP contribution in [-0.4, -0.2) is 26.0 Å². The number of phenolic OH excluding ortho intramolecular Hbond substituents is 1. The molecule has 0 atom stereocenters. The summed E-state index contributed by atoms with van der Waals surface area (Å²) in [6.07, 6.45) is 0. The van der Waals surface area contributed by atoms with Gasteiger partial charge in [0.25, 0.3) is 5.56 Å². The maximum absolute atomic E-state index is 11.8. The second-order valence-electron chi connectivity index (χ2n) is 3.55. The smallest absolute Gasteiger partial charge is 0.354 e. The van der Waals surface area contributed by atoms with Gasteiger partial charge < -0.3 is 10.2 Å². The van der Waals surface area contributed by atoms with E-state index in [1.165, 1.54) is 19.2 Å². The van der Waals surface area contributed by atoms with Gasteiger partial charge in [-0.05, 0) is 6.07 Å². The van der Waals surface area contributed by atoms with Gasteiger partial charge in [-0.15, -0.1) is 0 Å². The van der Waals surface area contributed by atoms with Crippen LogP contribution in [0.5, 0.6) is 5.75 Å². The molecule has 1 aromatic carbocycles. The van der Waals surface area contributed by atoms with Crippen molar-refractivity contribution in [3.05, 3.63) is 40.3 Å². The number of nitrogens with zero attached hydrogens (tertiary/aromatic N) is 1. The Labute approximate surface area is 95.7 Å². The monoisotopic (exact) mass is 234 g/mol. The Hall–Kier alpha value is -2.50. The first-order valence-corrected chi connectivity index (χ1v) is 4.83. The number of aromatic carboxylic acids is 1. The van der Waals surface area contributed by atoms with Crippen molar-refractivity contribution in [1.82, 2.24) is 9.78 Å². The molecule has 0 radical (unpaired) electrons. The van der Waals surface area contributed by atoms with E-state index in [0.29, 0.717) is 0 Å². The summed E-state index contributed by atoms with van der Waals surface area (Å²) < 4.78 is 1.06. The van der Waals surface area contributed by atoms with E-state index in [1.807, 2.05) is 0 Å². The number of nitrogens with one attached hydrogen (secondary N) is 1. The first-order valence-electron chi connectivity index (χ1n) is 4.83. The van der Waals surface area contributed by atoms with E-state index in [4.69, 9.17) is 5.11 Å². The Kier molecular flexibility index (Phi) is 2.47. The highest BCUT2D eigenvalue weighted by Gasteiger charge is 2.21. The molecule has 0 amide bonds. The molecule has 0 fully saturated rings. The predicted molar refractivity (Wildman–Crippen MR) is 60.1 cm³/mol. The number of rotatable bonds is 2. The maximum Gasteiger partial charge on any atom is 0.354 e. The highest BCUT2D eigenvalue weighted by molar-refractivity contribution is 5.94. The second-order valence-corrected chi connectivity index (χ2v) is 3.55. The molecule has 0 spiro atoms. The molecule has 0 bridgehead atoms. The van der Waals surface area contributed by atoms with E-state index in [0.717, 1.165) is 4.68 Å². The number of hydrogen-bond acceptors (Lipinski definition) is 3. The first kappa shape index (κ1) is 11.0. The molecule has 1 aromatic heterocycles. The van der Waals surface area contributed by atoms with Crippen molar-refractivity contribution in [1.29, 1.82) is 0 Å². The van der Waals surface area contributed by atoms with Crippen molar-refractivity contribution in [2.45, 2.75) is 0 Å². The lowest BCUT2D eigenvalue weighted by atomic mass is 10.1. The van der Waals surface area contributed by atoms with Gasteiger partial charge in [-0.3, -0.25) is 14.6 Å². The number of carboxylic acid groups (broad SMARTS) is 1. The molecule has 0 aliphatic rings. The fourth-order valence-electron chi connectivity index (χ4n) is 1.64. The lowest BCUT2D eigenvalue weighted by Gasteiger charge is -2.01. The molecular weight excluding hydrogens is 224 g/mol. The van der Waals surface area contributed by atoms with Crippen LogP contribution in [0.4, 0.5) is 0 Å². The third-order valence-electron chi connectivity index (χ3n) is 2.44. The summed E-state index contributed by atoms with van der Waals surface area (Å²) in [5, 5.41) is 21.1. The van der Waals surface area contributed by atoms with Crippen LogP contribution in [0.15, 0.2) is 29.1 Å². The summed E-state index contributed by atoms with van der Waals surface area (Å²) in [6, 6.07) is 6.10. The molecule has 0 saturated carbocycles. The van der Waals surface area contributed by atoms with Crippen LogP contribution in [-0.2, 0) is 7.05 Å². The van der Waals surface area contributed by atoms with Gasteiger partial charge in [0, 0.05) is 12.6 Å². The van der Waals surface area contributed by atoms with Crippen LogP contribution >= 0.6 is 0 Å². The molecule has 3 N–H and O–H groups in total. The van der Waals surface area contributed by atoms with Crippen LogP contribution in [0.3, 0.4) is 0 Å². The first-order chi connectivity index (χ1) is 8.02. The highest BCUT2D eigenvalue weighted by atomic mass is 16.4. The zero-order chi connectivity index (χ0) is 12.6. The topological polar surface area (TPSA) is 95.3 Å². The van der Waals surface area contributed by atoms with Gasteiger partial charge in [-0.1, -0.05) is 18.2 Å². The molecule has 88 valence electrons. The fourth-order valence-corrected chi connectivity index (χ4v) is 1.64. The fraction of sp³-hybridized carbons (Fsp3) is 0.0909. The van der Waals surface area contributed by atoms with E-state index < -0.39 is 11.5 Å². The number of carbonyl (C=O) groups is 1. The zero-order valence-electron chi connectivity index (χ0n) is 8.97. The number of aryl methyl sites for hydroxylation is 1. The third-order valence-corrected chi connectivity index (χ3v) is 2.44. The van der Waals surface area contributed by atoms with Gasteiger partial charge in [-0.2, -0.15) is 0 Å². The molecule has 0 aliphatic carbocycles. The molecule has 0 unspecified atom stereocenters. The highest BCUT2D eigenvalue weighted by Crippen LogP contribution is 2.28. The lowest BCUT2D eigenvalue weighted by Crippen LogP contribution is -2.13. The van der Waals surface area contributed by atoms with Crippen LogP contribution < -0.4 is 5.56 Å². The quantitative estimate of drug-likeness (QED) is 0.715. The Morgan fingerprint density at radius 1 is 1.35 bits per heavy atom. The zero-order valence-corrected chi connectivity index (χ0v) is 8.97. The number of hydrogen-bond donors (Lipinski definition) is 3. The largest absolute Gasteiger partial charge is 0.507 e. The average molecular weight is 234 g/mol. The number of para-hydroxylation sites is 1. The lowest BCUT2D eigenvalue weighted by molar-refractivity contribution is 0.0690. The van der Waals surface area contributed by atoms with Crippen LogP contribution in [0.1, 0.15) is 10.5 Å². The minimum atomic E-state index is -1.25. The maximum atomic E-state index is 11.8. The Morgan fingerprint density at radius 3 is 2.59 bits per heavy atom. The van der Waals surface area contributed by atoms with Gasteiger partial charge in [-0.25, -0.2) is 4.79 Å². The minimum absolute atomic E-state index is 0.0434. The molecule has 0 saturated heterocycles. The van der Waals surface area contributed by atoms with Crippen molar-refractivity contribution in [3.8, 4) is 16.9 Å². The SMILES string of the molecule is Cn1[nH]c(C(=O)O)c(-c2ccccc2O)c1=O.